The molecule has 0 aromatic carbocycles. The molecule has 0 bridgehead atoms. The van der Waals surface area contributed by atoms with E-state index in [1.807, 2.05) is 0 Å². The maximum atomic E-state index is 12.0. The molecule has 136 valence electrons. The van der Waals surface area contributed by atoms with Gasteiger partial charge in [0.15, 0.2) is 0 Å². The van der Waals surface area contributed by atoms with Gasteiger partial charge in [-0.25, -0.2) is 9.59 Å². The van der Waals surface area contributed by atoms with E-state index in [0.29, 0.717) is 11.1 Å². The number of hydrogen-bond acceptors (Lipinski definition) is 6. The number of ether oxygens (including phenoxy) is 2. The van der Waals surface area contributed by atoms with Crippen molar-refractivity contribution >= 4 is 11.9 Å². The van der Waals surface area contributed by atoms with Gasteiger partial charge in [0, 0.05) is 17.6 Å². The van der Waals surface area contributed by atoms with Crippen molar-refractivity contribution < 1.29 is 29.3 Å². The lowest BCUT2D eigenvalue weighted by Gasteiger charge is -2.28. The number of aliphatic hydroxyl groups is 2. The van der Waals surface area contributed by atoms with E-state index >= 15 is 0 Å². The van der Waals surface area contributed by atoms with Gasteiger partial charge in [-0.15, -0.1) is 0 Å². The molecule has 5 atom stereocenters. The number of esters is 2. The molecule has 0 aromatic rings. The maximum Gasteiger partial charge on any atom is 0.334 e. The standard InChI is InChI=1S/C19H24O6/c1-9(2)18(22)24-14-7-10(3)6-13(20)17(21)11(4)8-15-16(14)12(5)19(23)25-15/h6,8,13-17,20-21H,1,5,7H2,2-4H3/b10-6-,11-8-. The molecule has 0 spiro atoms. The lowest BCUT2D eigenvalue weighted by atomic mass is 9.84. The van der Waals surface area contributed by atoms with Crippen LogP contribution in [-0.2, 0) is 19.1 Å². The van der Waals surface area contributed by atoms with Crippen LogP contribution >= 0.6 is 0 Å². The van der Waals surface area contributed by atoms with Crippen LogP contribution in [-0.4, -0.2) is 46.6 Å². The number of aliphatic hydroxyl groups excluding tert-OH is 2. The van der Waals surface area contributed by atoms with E-state index in [-0.39, 0.29) is 17.6 Å². The maximum absolute atomic E-state index is 12.0. The minimum atomic E-state index is -1.11. The summed E-state index contributed by atoms with van der Waals surface area (Å²) in [6.07, 6.45) is -0.281. The predicted molar refractivity (Wildman–Crippen MR) is 91.3 cm³/mol. The van der Waals surface area contributed by atoms with Crippen LogP contribution in [0.25, 0.3) is 0 Å². The summed E-state index contributed by atoms with van der Waals surface area (Å²) in [5.41, 5.74) is 1.64. The molecule has 1 fully saturated rings. The molecule has 1 saturated heterocycles. The van der Waals surface area contributed by atoms with Crippen molar-refractivity contribution in [2.75, 3.05) is 0 Å². The van der Waals surface area contributed by atoms with E-state index in [4.69, 9.17) is 9.47 Å². The van der Waals surface area contributed by atoms with E-state index in [9.17, 15) is 19.8 Å². The van der Waals surface area contributed by atoms with Crippen molar-refractivity contribution in [1.29, 1.82) is 0 Å². The van der Waals surface area contributed by atoms with E-state index in [0.717, 1.165) is 0 Å². The van der Waals surface area contributed by atoms with Crippen molar-refractivity contribution in [3.8, 4) is 0 Å². The zero-order valence-electron chi connectivity index (χ0n) is 14.7. The summed E-state index contributed by atoms with van der Waals surface area (Å²) in [6.45, 7) is 12.3. The normalized spacial score (nSPS) is 37.1. The van der Waals surface area contributed by atoms with Crippen LogP contribution < -0.4 is 0 Å². The number of carbonyl (C=O) groups excluding carboxylic acids is 2. The quantitative estimate of drug-likeness (QED) is 0.447. The second kappa shape index (κ2) is 7.37. The third kappa shape index (κ3) is 4.08. The van der Waals surface area contributed by atoms with Gasteiger partial charge in [0.05, 0.1) is 5.92 Å². The first-order chi connectivity index (χ1) is 11.6. The average Bonchev–Trinajstić information content (AvgIpc) is 2.79. The van der Waals surface area contributed by atoms with Gasteiger partial charge < -0.3 is 19.7 Å². The molecule has 0 amide bonds. The molecule has 5 unspecified atom stereocenters. The van der Waals surface area contributed by atoms with Crippen LogP contribution in [0.2, 0.25) is 0 Å². The zero-order valence-corrected chi connectivity index (χ0v) is 14.7. The van der Waals surface area contributed by atoms with Crippen LogP contribution in [0.1, 0.15) is 27.2 Å². The number of fused-ring (bicyclic) bond motifs is 1. The van der Waals surface area contributed by atoms with Gasteiger partial charge >= 0.3 is 11.9 Å². The molecule has 6 heteroatoms. The highest BCUT2D eigenvalue weighted by Gasteiger charge is 2.44. The van der Waals surface area contributed by atoms with Gasteiger partial charge in [-0.2, -0.15) is 0 Å². The summed E-state index contributed by atoms with van der Waals surface area (Å²) in [4.78, 5) is 24.0. The smallest absolute Gasteiger partial charge is 0.334 e. The molecule has 2 aliphatic rings. The first-order valence-electron chi connectivity index (χ1n) is 8.09. The Kier molecular flexibility index (Phi) is 5.65. The minimum absolute atomic E-state index is 0.219. The van der Waals surface area contributed by atoms with E-state index < -0.39 is 42.3 Å². The third-order valence-corrected chi connectivity index (χ3v) is 4.46. The minimum Gasteiger partial charge on any atom is -0.458 e. The van der Waals surface area contributed by atoms with Crippen molar-refractivity contribution in [1.82, 2.24) is 0 Å². The molecule has 1 heterocycles. The Labute approximate surface area is 147 Å². The second-order valence-electron chi connectivity index (χ2n) is 6.71. The largest absolute Gasteiger partial charge is 0.458 e. The second-order valence-corrected chi connectivity index (χ2v) is 6.71. The Morgan fingerprint density at radius 3 is 2.56 bits per heavy atom. The van der Waals surface area contributed by atoms with Gasteiger partial charge in [-0.3, -0.25) is 0 Å². The molecule has 1 aliphatic heterocycles. The first kappa shape index (κ1) is 19.1. The Balaban J connectivity index is 2.47. The summed E-state index contributed by atoms with van der Waals surface area (Å²) in [5.74, 6) is -1.70. The number of hydrogen-bond donors (Lipinski definition) is 2. The van der Waals surface area contributed by atoms with E-state index in [1.165, 1.54) is 13.0 Å². The van der Waals surface area contributed by atoms with Crippen LogP contribution in [0.4, 0.5) is 0 Å². The van der Waals surface area contributed by atoms with E-state index in [2.05, 4.69) is 13.2 Å². The number of carbonyl (C=O) groups is 2. The monoisotopic (exact) mass is 348 g/mol. The number of rotatable bonds is 2. The Bertz CT molecular complexity index is 671. The summed E-state index contributed by atoms with van der Waals surface area (Å²) >= 11 is 0. The average molecular weight is 348 g/mol. The SMILES string of the molecule is C=C(C)C(=O)OC1C/C(C)=C\C(O)C(O)/C(C)=C\C2OC(=O)C(=C)C21. The highest BCUT2D eigenvalue weighted by molar-refractivity contribution is 5.91. The lowest BCUT2D eigenvalue weighted by molar-refractivity contribution is -0.147. The Morgan fingerprint density at radius 2 is 1.96 bits per heavy atom. The third-order valence-electron chi connectivity index (χ3n) is 4.46. The molecular weight excluding hydrogens is 324 g/mol. The van der Waals surface area contributed by atoms with Crippen molar-refractivity contribution in [3.05, 3.63) is 47.6 Å². The first-order valence-corrected chi connectivity index (χ1v) is 8.09. The van der Waals surface area contributed by atoms with Crippen molar-refractivity contribution in [2.24, 2.45) is 5.92 Å². The predicted octanol–water partition coefficient (Wildman–Crippen LogP) is 1.59. The molecule has 6 nitrogen and oxygen atoms in total. The van der Waals surface area contributed by atoms with Gasteiger partial charge in [0.2, 0.25) is 0 Å². The molecule has 0 saturated carbocycles. The van der Waals surface area contributed by atoms with Gasteiger partial charge in [-0.1, -0.05) is 24.8 Å². The highest BCUT2D eigenvalue weighted by Crippen LogP contribution is 2.36. The summed E-state index contributed by atoms with van der Waals surface area (Å²) < 4.78 is 10.9. The topological polar surface area (TPSA) is 93.1 Å². The molecule has 1 aliphatic carbocycles. The Hall–Kier alpha value is -2.18. The highest BCUT2D eigenvalue weighted by atomic mass is 16.6. The van der Waals surface area contributed by atoms with Crippen LogP contribution in [0.15, 0.2) is 47.6 Å². The molecule has 2 rings (SSSR count). The fourth-order valence-electron chi connectivity index (χ4n) is 3.06. The van der Waals surface area contributed by atoms with Crippen LogP contribution in [0.5, 0.6) is 0 Å². The summed E-state index contributed by atoms with van der Waals surface area (Å²) in [6, 6.07) is 0. The van der Waals surface area contributed by atoms with Crippen LogP contribution in [0, 0.1) is 5.92 Å². The molecule has 0 radical (unpaired) electrons. The molecule has 25 heavy (non-hydrogen) atoms. The summed E-state index contributed by atoms with van der Waals surface area (Å²) in [5, 5.41) is 20.3. The molecular formula is C19H24O6. The van der Waals surface area contributed by atoms with Crippen LogP contribution in [0.3, 0.4) is 0 Å². The lowest BCUT2D eigenvalue weighted by Crippen LogP contribution is -2.35. The van der Waals surface area contributed by atoms with Gasteiger partial charge in [0.1, 0.15) is 24.4 Å². The summed E-state index contributed by atoms with van der Waals surface area (Å²) in [7, 11) is 0. The molecule has 2 N–H and O–H groups in total. The van der Waals surface area contributed by atoms with Gasteiger partial charge in [-0.05, 0) is 32.4 Å². The van der Waals surface area contributed by atoms with Crippen molar-refractivity contribution in [3.63, 3.8) is 0 Å². The van der Waals surface area contributed by atoms with Gasteiger partial charge in [0.25, 0.3) is 0 Å². The Morgan fingerprint density at radius 1 is 1.32 bits per heavy atom. The fraction of sp³-hybridized carbons (Fsp3) is 0.474. The molecule has 0 aromatic heterocycles. The van der Waals surface area contributed by atoms with E-state index in [1.54, 1.807) is 19.9 Å². The fourth-order valence-corrected chi connectivity index (χ4v) is 3.06. The van der Waals surface area contributed by atoms with Crippen molar-refractivity contribution in [2.45, 2.75) is 51.6 Å². The zero-order chi connectivity index (χ0) is 18.9.